The number of halogens is 1. The SMILES string of the molecule is Cc1[nH]c(/C=C2\C(=O)Nc3ccc(F)cc32)c(C)c1C(=O)NC1CCSC1. The monoisotopic (exact) mass is 385 g/mol. The number of fused-ring (bicyclic) bond motifs is 1. The molecule has 2 amide bonds. The number of carbonyl (C=O) groups excluding carboxylic acids is 2. The van der Waals surface area contributed by atoms with E-state index in [9.17, 15) is 14.0 Å². The number of nitrogens with one attached hydrogen (secondary N) is 3. The number of H-pyrrole nitrogens is 1. The van der Waals surface area contributed by atoms with E-state index in [2.05, 4.69) is 15.6 Å². The van der Waals surface area contributed by atoms with E-state index >= 15 is 0 Å². The number of benzene rings is 1. The largest absolute Gasteiger partial charge is 0.358 e. The Hall–Kier alpha value is -2.54. The standard InChI is InChI=1S/C20H20FN3O2S/c1-10-17(8-15-14-7-12(21)3-4-16(14)24-19(15)25)22-11(2)18(10)20(26)23-13-5-6-27-9-13/h3-4,7-8,13,22H,5-6,9H2,1-2H3,(H,23,26)(H,24,25)/b15-8-. The van der Waals surface area contributed by atoms with Gasteiger partial charge in [0, 0.05) is 34.4 Å². The number of hydrogen-bond donors (Lipinski definition) is 3. The third-order valence-corrected chi connectivity index (χ3v) is 6.18. The molecule has 7 heteroatoms. The lowest BCUT2D eigenvalue weighted by Gasteiger charge is -2.11. The Morgan fingerprint density at radius 2 is 2.19 bits per heavy atom. The maximum atomic E-state index is 13.6. The zero-order valence-corrected chi connectivity index (χ0v) is 15.9. The molecule has 27 heavy (non-hydrogen) atoms. The second kappa shape index (κ2) is 6.88. The van der Waals surface area contributed by atoms with Crippen LogP contribution in [0.1, 0.15) is 39.3 Å². The molecule has 2 aliphatic rings. The van der Waals surface area contributed by atoms with Gasteiger partial charge in [-0.1, -0.05) is 0 Å². The summed E-state index contributed by atoms with van der Waals surface area (Å²) in [6, 6.07) is 4.41. The van der Waals surface area contributed by atoms with Gasteiger partial charge < -0.3 is 15.6 Å². The highest BCUT2D eigenvalue weighted by Crippen LogP contribution is 2.34. The normalized spacial score (nSPS) is 20.0. The van der Waals surface area contributed by atoms with Crippen LogP contribution in [0.5, 0.6) is 0 Å². The highest BCUT2D eigenvalue weighted by Gasteiger charge is 2.27. The minimum Gasteiger partial charge on any atom is -0.358 e. The van der Waals surface area contributed by atoms with Gasteiger partial charge in [-0.15, -0.1) is 0 Å². The molecule has 0 radical (unpaired) electrons. The van der Waals surface area contributed by atoms with Crippen molar-refractivity contribution >= 4 is 40.9 Å². The first-order valence-electron chi connectivity index (χ1n) is 8.85. The van der Waals surface area contributed by atoms with E-state index in [1.54, 1.807) is 12.1 Å². The molecule has 1 aromatic heterocycles. The summed E-state index contributed by atoms with van der Waals surface area (Å²) in [5.74, 6) is 1.23. The number of aryl methyl sites for hydroxylation is 1. The summed E-state index contributed by atoms with van der Waals surface area (Å²) in [5.41, 5.74) is 4.32. The molecular weight excluding hydrogens is 365 g/mol. The molecule has 5 nitrogen and oxygen atoms in total. The van der Waals surface area contributed by atoms with E-state index in [4.69, 9.17) is 0 Å². The molecule has 1 saturated heterocycles. The molecule has 1 aromatic carbocycles. The highest BCUT2D eigenvalue weighted by molar-refractivity contribution is 7.99. The average molecular weight is 385 g/mol. The quantitative estimate of drug-likeness (QED) is 0.708. The fraction of sp³-hybridized carbons (Fsp3) is 0.300. The summed E-state index contributed by atoms with van der Waals surface area (Å²) in [5, 5.41) is 5.82. The topological polar surface area (TPSA) is 74.0 Å². The molecule has 4 rings (SSSR count). The summed E-state index contributed by atoms with van der Waals surface area (Å²) >= 11 is 1.84. The lowest BCUT2D eigenvalue weighted by atomic mass is 10.0. The van der Waals surface area contributed by atoms with Crippen molar-refractivity contribution < 1.29 is 14.0 Å². The smallest absolute Gasteiger partial charge is 0.256 e. The van der Waals surface area contributed by atoms with Gasteiger partial charge in [0.1, 0.15) is 5.82 Å². The maximum Gasteiger partial charge on any atom is 0.256 e. The van der Waals surface area contributed by atoms with Crippen LogP contribution in [0, 0.1) is 19.7 Å². The van der Waals surface area contributed by atoms with Crippen LogP contribution in [0.2, 0.25) is 0 Å². The predicted molar refractivity (Wildman–Crippen MR) is 106 cm³/mol. The van der Waals surface area contributed by atoms with Crippen molar-refractivity contribution in [1.82, 2.24) is 10.3 Å². The Bertz CT molecular complexity index is 974. The van der Waals surface area contributed by atoms with Crippen molar-refractivity contribution in [2.24, 2.45) is 0 Å². The van der Waals surface area contributed by atoms with Crippen molar-refractivity contribution in [1.29, 1.82) is 0 Å². The van der Waals surface area contributed by atoms with E-state index in [0.717, 1.165) is 29.2 Å². The second-order valence-electron chi connectivity index (χ2n) is 6.90. The van der Waals surface area contributed by atoms with Gasteiger partial charge in [-0.05, 0) is 55.9 Å². The Balaban J connectivity index is 1.68. The van der Waals surface area contributed by atoms with Crippen LogP contribution in [0.15, 0.2) is 18.2 Å². The van der Waals surface area contributed by atoms with Gasteiger partial charge in [-0.3, -0.25) is 9.59 Å². The minimum atomic E-state index is -0.398. The van der Waals surface area contributed by atoms with Crippen LogP contribution in [-0.4, -0.2) is 34.3 Å². The first-order valence-corrected chi connectivity index (χ1v) is 10.00. The lowest BCUT2D eigenvalue weighted by molar-refractivity contribution is -0.110. The third-order valence-electron chi connectivity index (χ3n) is 5.02. The van der Waals surface area contributed by atoms with Crippen LogP contribution >= 0.6 is 11.8 Å². The molecular formula is C20H20FN3O2S. The average Bonchev–Trinajstić information content (AvgIpc) is 3.29. The number of hydrogen-bond acceptors (Lipinski definition) is 3. The molecule has 0 aliphatic carbocycles. The summed E-state index contributed by atoms with van der Waals surface area (Å²) in [6.07, 6.45) is 2.67. The zero-order valence-electron chi connectivity index (χ0n) is 15.1. The molecule has 0 bridgehead atoms. The number of aromatic amines is 1. The van der Waals surface area contributed by atoms with Gasteiger partial charge in [0.25, 0.3) is 11.8 Å². The summed E-state index contributed by atoms with van der Waals surface area (Å²) in [7, 11) is 0. The van der Waals surface area contributed by atoms with Crippen molar-refractivity contribution in [2.75, 3.05) is 16.8 Å². The zero-order chi connectivity index (χ0) is 19.1. The molecule has 2 aromatic rings. The number of amides is 2. The van der Waals surface area contributed by atoms with Crippen molar-refractivity contribution in [3.8, 4) is 0 Å². The van der Waals surface area contributed by atoms with Crippen LogP contribution in [0.3, 0.4) is 0 Å². The fourth-order valence-electron chi connectivity index (χ4n) is 3.61. The summed E-state index contributed by atoms with van der Waals surface area (Å²) < 4.78 is 13.6. The molecule has 1 atom stereocenters. The van der Waals surface area contributed by atoms with Crippen molar-refractivity contribution in [2.45, 2.75) is 26.3 Å². The van der Waals surface area contributed by atoms with E-state index < -0.39 is 5.82 Å². The van der Waals surface area contributed by atoms with E-state index in [1.165, 1.54) is 12.1 Å². The fourth-order valence-corrected chi connectivity index (χ4v) is 4.77. The Kier molecular flexibility index (Phi) is 4.55. The van der Waals surface area contributed by atoms with Crippen LogP contribution in [-0.2, 0) is 4.79 Å². The minimum absolute atomic E-state index is 0.0966. The van der Waals surface area contributed by atoms with Crippen molar-refractivity contribution in [3.63, 3.8) is 0 Å². The molecule has 1 unspecified atom stereocenters. The first kappa shape index (κ1) is 17.9. The Morgan fingerprint density at radius 3 is 2.93 bits per heavy atom. The number of rotatable bonds is 3. The number of aromatic nitrogens is 1. The van der Waals surface area contributed by atoms with E-state index in [0.29, 0.717) is 28.1 Å². The van der Waals surface area contributed by atoms with Gasteiger partial charge in [0.05, 0.1) is 11.1 Å². The van der Waals surface area contributed by atoms with Crippen LogP contribution in [0.25, 0.3) is 11.6 Å². The first-order chi connectivity index (χ1) is 12.9. The van der Waals surface area contributed by atoms with Gasteiger partial charge >= 0.3 is 0 Å². The lowest BCUT2D eigenvalue weighted by Crippen LogP contribution is -2.35. The highest BCUT2D eigenvalue weighted by atomic mass is 32.2. The van der Waals surface area contributed by atoms with Gasteiger partial charge in [0.15, 0.2) is 0 Å². The van der Waals surface area contributed by atoms with Gasteiger partial charge in [0.2, 0.25) is 0 Å². The van der Waals surface area contributed by atoms with Crippen LogP contribution in [0.4, 0.5) is 10.1 Å². The summed E-state index contributed by atoms with van der Waals surface area (Å²) in [4.78, 5) is 28.2. The van der Waals surface area contributed by atoms with Gasteiger partial charge in [-0.25, -0.2) is 4.39 Å². The molecule has 0 saturated carbocycles. The predicted octanol–water partition coefficient (Wildman–Crippen LogP) is 3.50. The molecule has 2 aliphatic heterocycles. The third kappa shape index (κ3) is 3.27. The van der Waals surface area contributed by atoms with E-state index in [-0.39, 0.29) is 17.9 Å². The van der Waals surface area contributed by atoms with Crippen molar-refractivity contribution in [3.05, 3.63) is 52.1 Å². The Morgan fingerprint density at radius 1 is 1.37 bits per heavy atom. The summed E-state index contributed by atoms with van der Waals surface area (Å²) in [6.45, 7) is 3.70. The van der Waals surface area contributed by atoms with Crippen LogP contribution < -0.4 is 10.6 Å². The van der Waals surface area contributed by atoms with Gasteiger partial charge in [-0.2, -0.15) is 11.8 Å². The molecule has 3 heterocycles. The number of thioether (sulfide) groups is 1. The number of anilines is 1. The molecule has 1 fully saturated rings. The van der Waals surface area contributed by atoms with E-state index in [1.807, 2.05) is 25.6 Å². The molecule has 3 N–H and O–H groups in total. The second-order valence-corrected chi connectivity index (χ2v) is 8.05. The maximum absolute atomic E-state index is 13.6. The Labute approximate surface area is 160 Å². The molecule has 140 valence electrons. The molecule has 0 spiro atoms. The number of carbonyl (C=O) groups is 2.